The SMILES string of the molecule is COc1cc2cc(c1Cl)N(C)C(=O)CC(OC(=O)[C@H](C)N(C)C(=O)CCCCCSCNC(=O)[C@H](C)NC(=O)[C@@H](C)NC(=O)[C@H](C)NC(=O)CCCCCN1C(=O)C=CC1=O)[C@]1(C)O[C@H]1[C@H](C)[C@@H]1C[C@@](O)(NC(=O)O1)[C@H](OC)/C=C/C=C(\C)C2. The zero-order chi connectivity index (χ0) is 62.2. The Morgan fingerprint density at radius 3 is 2.19 bits per heavy atom. The predicted octanol–water partition coefficient (Wildman–Crippen LogP) is 3.88. The summed E-state index contributed by atoms with van der Waals surface area (Å²) < 4.78 is 29.5. The molecule has 4 aliphatic heterocycles. The molecule has 84 heavy (non-hydrogen) atoms. The average molecular weight is 1220 g/mol. The third kappa shape index (κ3) is 18.5. The van der Waals surface area contributed by atoms with Crippen LogP contribution >= 0.6 is 23.4 Å². The molecular formula is C58H83ClN8O16S. The van der Waals surface area contributed by atoms with Crippen molar-refractivity contribution in [3.63, 3.8) is 0 Å². The number of amides is 9. The number of rotatable bonds is 25. The summed E-state index contributed by atoms with van der Waals surface area (Å²) in [4.78, 5) is 133. The molecule has 4 bridgehead atoms. The van der Waals surface area contributed by atoms with Gasteiger partial charge in [-0.15, -0.1) is 11.8 Å². The van der Waals surface area contributed by atoms with Gasteiger partial charge in [-0.2, -0.15) is 0 Å². The van der Waals surface area contributed by atoms with E-state index in [1.165, 1.54) is 82.7 Å². The number of nitrogens with zero attached hydrogens (tertiary/aromatic N) is 3. The van der Waals surface area contributed by atoms with E-state index >= 15 is 0 Å². The number of unbranched alkanes of at least 4 members (excludes halogenated alkanes) is 4. The molecule has 0 aromatic heterocycles. The van der Waals surface area contributed by atoms with Crippen LogP contribution in [0.25, 0.3) is 0 Å². The Labute approximate surface area is 500 Å². The normalized spacial score (nSPS) is 25.7. The number of likely N-dealkylation sites (N-methyl/N-ethyl adjacent to an activating group) is 1. The van der Waals surface area contributed by atoms with Crippen molar-refractivity contribution < 1.29 is 76.7 Å². The molecule has 464 valence electrons. The lowest BCUT2D eigenvalue weighted by atomic mass is 9.83. The molecule has 2 fully saturated rings. The highest BCUT2D eigenvalue weighted by Crippen LogP contribution is 2.49. The van der Waals surface area contributed by atoms with Gasteiger partial charge in [0.05, 0.1) is 31.2 Å². The first-order chi connectivity index (χ1) is 39.6. The van der Waals surface area contributed by atoms with Crippen molar-refractivity contribution >= 4 is 88.4 Å². The van der Waals surface area contributed by atoms with E-state index in [0.717, 1.165) is 16.0 Å². The molecule has 26 heteroatoms. The number of hydrogen-bond acceptors (Lipinski definition) is 17. The molecule has 5 rings (SSSR count). The molecule has 1 unspecified atom stereocenters. The summed E-state index contributed by atoms with van der Waals surface area (Å²) in [6.45, 7) is 11.6. The summed E-state index contributed by atoms with van der Waals surface area (Å²) >= 11 is 8.27. The molecule has 0 spiro atoms. The first-order valence-electron chi connectivity index (χ1n) is 28.3. The minimum atomic E-state index is -1.88. The van der Waals surface area contributed by atoms with Gasteiger partial charge in [-0.05, 0) is 97.1 Å². The number of allylic oxidation sites excluding steroid dienone is 3. The Morgan fingerprint density at radius 1 is 0.905 bits per heavy atom. The van der Waals surface area contributed by atoms with Crippen LogP contribution in [0.5, 0.6) is 5.75 Å². The first-order valence-corrected chi connectivity index (χ1v) is 29.8. The topological polar surface area (TPSA) is 310 Å². The third-order valence-corrected chi connectivity index (χ3v) is 16.8. The molecule has 11 atom stereocenters. The van der Waals surface area contributed by atoms with Crippen LogP contribution in [0.15, 0.2) is 48.1 Å². The number of carbonyl (C=O) groups excluding carboxylic acids is 10. The minimum Gasteiger partial charge on any atom is -0.495 e. The van der Waals surface area contributed by atoms with Gasteiger partial charge in [-0.3, -0.25) is 48.6 Å². The van der Waals surface area contributed by atoms with Gasteiger partial charge in [0.25, 0.3) is 11.8 Å². The average Bonchev–Trinajstić information content (AvgIpc) is 1.77. The third-order valence-electron chi connectivity index (χ3n) is 15.5. The van der Waals surface area contributed by atoms with Crippen molar-refractivity contribution in [2.75, 3.05) is 51.4 Å². The second-order valence-corrected chi connectivity index (χ2v) is 23.5. The summed E-state index contributed by atoms with van der Waals surface area (Å²) in [5.41, 5.74) is -1.15. The van der Waals surface area contributed by atoms with E-state index in [1.54, 1.807) is 45.2 Å². The lowest BCUT2D eigenvalue weighted by molar-refractivity contribution is -0.162. The molecule has 2 saturated heterocycles. The van der Waals surface area contributed by atoms with Crippen molar-refractivity contribution in [2.45, 2.75) is 179 Å². The van der Waals surface area contributed by atoms with E-state index < -0.39 is 102 Å². The summed E-state index contributed by atoms with van der Waals surface area (Å²) in [5, 5.41) is 25.0. The Bertz CT molecular complexity index is 2690. The number of alkyl carbamates (subject to hydrolysis) is 1. The number of ether oxygens (including phenoxy) is 5. The number of carbonyl (C=O) groups is 10. The maximum atomic E-state index is 14.4. The number of thioether (sulfide) groups is 1. The van der Waals surface area contributed by atoms with E-state index in [0.29, 0.717) is 62.1 Å². The second-order valence-electron chi connectivity index (χ2n) is 22.0. The fourth-order valence-corrected chi connectivity index (χ4v) is 11.1. The maximum absolute atomic E-state index is 14.4. The van der Waals surface area contributed by atoms with E-state index in [2.05, 4.69) is 26.6 Å². The highest BCUT2D eigenvalue weighted by Gasteiger charge is 2.64. The maximum Gasteiger partial charge on any atom is 0.409 e. The highest BCUT2D eigenvalue weighted by molar-refractivity contribution is 7.99. The fraction of sp³-hybridized carbons (Fsp3) is 0.621. The summed E-state index contributed by atoms with van der Waals surface area (Å²) in [6.07, 6.45) is 6.62. The van der Waals surface area contributed by atoms with Crippen LogP contribution in [0, 0.1) is 5.92 Å². The van der Waals surface area contributed by atoms with Crippen LogP contribution in [0.1, 0.15) is 118 Å². The summed E-state index contributed by atoms with van der Waals surface area (Å²) in [5.74, 6) is -3.66. The van der Waals surface area contributed by atoms with Gasteiger partial charge in [-0.25, -0.2) is 9.59 Å². The zero-order valence-corrected chi connectivity index (χ0v) is 51.4. The van der Waals surface area contributed by atoms with E-state index in [4.69, 9.17) is 35.3 Å². The van der Waals surface area contributed by atoms with Gasteiger partial charge in [0.1, 0.15) is 58.9 Å². The van der Waals surface area contributed by atoms with Crippen LogP contribution in [0.4, 0.5) is 10.5 Å². The number of methoxy groups -OCH3 is 2. The quantitative estimate of drug-likeness (QED) is 0.0266. The van der Waals surface area contributed by atoms with Gasteiger partial charge < -0.3 is 59.9 Å². The molecule has 9 amide bonds. The fourth-order valence-electron chi connectivity index (χ4n) is 9.97. The molecule has 0 saturated carbocycles. The van der Waals surface area contributed by atoms with Crippen molar-refractivity contribution in [1.82, 2.24) is 36.4 Å². The number of hydrogen-bond donors (Lipinski definition) is 6. The number of esters is 1. The highest BCUT2D eigenvalue weighted by atomic mass is 35.5. The standard InChI is InChI=1S/C58H83ClN8O16S/c1-33-19-18-20-43(80-11)58(78)31-42(81-56(77)64-58)34(2)51-57(7,83-51)44(30-49(72)66(9)40-28-39(27-33)29-41(79-10)50(40)59)82-55(76)38(6)65(8)46(69)22-15-13-17-26-84-32-60-52(73)35(3)62-54(75)37(5)63-53(74)36(4)61-45(68)21-14-12-16-25-67-47(70)23-24-48(67)71/h18-20,23-24,28-29,34-38,42-44,51,78H,12-17,21-22,25-27,30-32H2,1-11H3,(H,60,73)(H,61,68)(H,62,75)(H,63,74)(H,64,77)/b20-18+,33-19+/t34-,35+,36+,37-,38+,42+,43-,44?,51+,57+,58+/m1/s1. The van der Waals surface area contributed by atoms with Gasteiger partial charge in [0.15, 0.2) is 5.72 Å². The van der Waals surface area contributed by atoms with Gasteiger partial charge in [-0.1, -0.05) is 55.2 Å². The molecule has 4 heterocycles. The summed E-state index contributed by atoms with van der Waals surface area (Å²) in [7, 11) is 5.93. The lowest BCUT2D eigenvalue weighted by Gasteiger charge is -2.42. The number of aliphatic hydroxyl groups is 1. The van der Waals surface area contributed by atoms with Crippen molar-refractivity contribution in [2.24, 2.45) is 5.92 Å². The Hall–Kier alpha value is -6.54. The number of epoxide rings is 1. The number of halogens is 1. The Kier molecular flexibility index (Phi) is 25.2. The monoisotopic (exact) mass is 1210 g/mol. The molecule has 24 nitrogen and oxygen atoms in total. The van der Waals surface area contributed by atoms with Crippen LogP contribution in [0.2, 0.25) is 5.02 Å². The number of benzene rings is 1. The van der Waals surface area contributed by atoms with Gasteiger partial charge in [0, 0.05) is 65.1 Å². The molecule has 1 aromatic carbocycles. The Balaban J connectivity index is 1.06. The summed E-state index contributed by atoms with van der Waals surface area (Å²) in [6, 6.07) is -0.416. The van der Waals surface area contributed by atoms with Gasteiger partial charge >= 0.3 is 12.1 Å². The largest absolute Gasteiger partial charge is 0.495 e. The zero-order valence-electron chi connectivity index (χ0n) is 49.8. The molecule has 4 aliphatic rings. The van der Waals surface area contributed by atoms with Crippen molar-refractivity contribution in [3.8, 4) is 5.75 Å². The molecule has 6 N–H and O–H groups in total. The molecule has 0 radical (unpaired) electrons. The van der Waals surface area contributed by atoms with E-state index in [1.807, 2.05) is 13.0 Å². The van der Waals surface area contributed by atoms with E-state index in [9.17, 15) is 53.1 Å². The number of imide groups is 1. The number of anilines is 1. The Morgan fingerprint density at radius 2 is 1.54 bits per heavy atom. The van der Waals surface area contributed by atoms with Crippen LogP contribution in [0.3, 0.4) is 0 Å². The van der Waals surface area contributed by atoms with Crippen molar-refractivity contribution in [1.29, 1.82) is 0 Å². The van der Waals surface area contributed by atoms with Gasteiger partial charge in [0.2, 0.25) is 35.4 Å². The lowest BCUT2D eigenvalue weighted by Crippen LogP contribution is -2.63. The first kappa shape index (κ1) is 68.2. The van der Waals surface area contributed by atoms with Crippen LogP contribution < -0.4 is 36.2 Å². The van der Waals surface area contributed by atoms with Crippen LogP contribution in [-0.4, -0.2) is 181 Å². The smallest absolute Gasteiger partial charge is 0.409 e. The molecular weight excluding hydrogens is 1130 g/mol. The van der Waals surface area contributed by atoms with Crippen LogP contribution in [-0.2, 0) is 68.5 Å². The minimum absolute atomic E-state index is 0.0968. The predicted molar refractivity (Wildman–Crippen MR) is 312 cm³/mol. The number of fused-ring (bicyclic) bond motifs is 5. The van der Waals surface area contributed by atoms with E-state index in [-0.39, 0.29) is 66.8 Å². The van der Waals surface area contributed by atoms with Crippen molar-refractivity contribution in [3.05, 3.63) is 58.7 Å². The molecule has 0 aliphatic carbocycles. The number of nitrogens with one attached hydrogen (secondary N) is 5. The molecule has 1 aromatic rings. The second kappa shape index (κ2) is 31.0.